The molecule has 0 amide bonds. The van der Waals surface area contributed by atoms with Crippen molar-refractivity contribution in [3.63, 3.8) is 0 Å². The fraction of sp³-hybridized carbons (Fsp3) is 1.00. The highest BCUT2D eigenvalue weighted by atomic mass is 19.1. The van der Waals surface area contributed by atoms with E-state index in [9.17, 15) is 4.39 Å². The fourth-order valence-corrected chi connectivity index (χ4v) is 0.891. The van der Waals surface area contributed by atoms with Gasteiger partial charge >= 0.3 is 0 Å². The first-order valence-electron chi connectivity index (χ1n) is 3.32. The molecule has 1 aliphatic heterocycles. The molecule has 0 aromatic heterocycles. The summed E-state index contributed by atoms with van der Waals surface area (Å²) in [5.74, 6) is 0. The lowest BCUT2D eigenvalue weighted by molar-refractivity contribution is 0.0464. The monoisotopic (exact) mass is 133 g/mol. The van der Waals surface area contributed by atoms with Gasteiger partial charge in [0, 0.05) is 6.54 Å². The Kier molecular flexibility index (Phi) is 2.94. The number of nitrogens with one attached hydrogen (secondary N) is 1. The second-order valence-corrected chi connectivity index (χ2v) is 2.19. The van der Waals surface area contributed by atoms with E-state index in [2.05, 4.69) is 5.32 Å². The van der Waals surface area contributed by atoms with Crippen molar-refractivity contribution in [2.75, 3.05) is 26.4 Å². The van der Waals surface area contributed by atoms with Crippen LogP contribution in [0.15, 0.2) is 0 Å². The van der Waals surface area contributed by atoms with Crippen molar-refractivity contribution in [2.45, 2.75) is 12.5 Å². The van der Waals surface area contributed by atoms with Crippen molar-refractivity contribution in [2.24, 2.45) is 0 Å². The molecule has 0 aromatic carbocycles. The molecule has 1 saturated heterocycles. The molecule has 9 heavy (non-hydrogen) atoms. The molecule has 1 rings (SSSR count). The van der Waals surface area contributed by atoms with Gasteiger partial charge in [0.05, 0.1) is 12.7 Å². The third-order valence-corrected chi connectivity index (χ3v) is 1.45. The summed E-state index contributed by atoms with van der Waals surface area (Å²) >= 11 is 0. The summed E-state index contributed by atoms with van der Waals surface area (Å²) in [5, 5.41) is 3.12. The van der Waals surface area contributed by atoms with Crippen LogP contribution in [0.4, 0.5) is 4.39 Å². The Hall–Kier alpha value is -0.150. The Morgan fingerprint density at radius 1 is 1.56 bits per heavy atom. The minimum atomic E-state index is -0.346. The van der Waals surface area contributed by atoms with Gasteiger partial charge in [-0.05, 0) is 13.0 Å². The van der Waals surface area contributed by atoms with Crippen LogP contribution in [0.1, 0.15) is 6.42 Å². The lowest BCUT2D eigenvalue weighted by Gasteiger charge is -2.07. The molecular formula is C6H12FNO. The molecule has 1 aliphatic rings. The molecule has 3 heteroatoms. The van der Waals surface area contributed by atoms with Gasteiger partial charge in [-0.25, -0.2) is 4.39 Å². The van der Waals surface area contributed by atoms with E-state index in [0.717, 1.165) is 19.5 Å². The Morgan fingerprint density at radius 2 is 2.44 bits per heavy atom. The number of hydrogen-bond acceptors (Lipinski definition) is 2. The van der Waals surface area contributed by atoms with Crippen molar-refractivity contribution < 1.29 is 9.13 Å². The zero-order chi connectivity index (χ0) is 6.53. The minimum Gasteiger partial charge on any atom is -0.374 e. The normalized spacial score (nSPS) is 29.7. The van der Waals surface area contributed by atoms with Gasteiger partial charge in [-0.15, -0.1) is 0 Å². The fourth-order valence-electron chi connectivity index (χ4n) is 0.891. The van der Waals surface area contributed by atoms with Gasteiger partial charge in [-0.2, -0.15) is 0 Å². The second kappa shape index (κ2) is 3.80. The van der Waals surface area contributed by atoms with Crippen molar-refractivity contribution in [1.29, 1.82) is 0 Å². The summed E-state index contributed by atoms with van der Waals surface area (Å²) in [5.41, 5.74) is 0. The van der Waals surface area contributed by atoms with Crippen molar-refractivity contribution in [3.8, 4) is 0 Å². The highest BCUT2D eigenvalue weighted by Gasteiger charge is 2.10. The van der Waals surface area contributed by atoms with Crippen LogP contribution < -0.4 is 5.32 Å². The van der Waals surface area contributed by atoms with Gasteiger partial charge in [0.1, 0.15) is 6.67 Å². The third kappa shape index (κ3) is 2.28. The third-order valence-electron chi connectivity index (χ3n) is 1.45. The number of hydrogen-bond donors (Lipinski definition) is 1. The number of ether oxygens (including phenoxy) is 1. The minimum absolute atomic E-state index is 0.153. The number of halogens is 1. The van der Waals surface area contributed by atoms with E-state index in [1.807, 2.05) is 0 Å². The first-order valence-corrected chi connectivity index (χ1v) is 3.32. The Labute approximate surface area is 54.4 Å². The summed E-state index contributed by atoms with van der Waals surface area (Å²) in [6, 6.07) is 0. The summed E-state index contributed by atoms with van der Waals surface area (Å²) in [6.45, 7) is 2.04. The van der Waals surface area contributed by atoms with Crippen LogP contribution in [-0.2, 0) is 4.74 Å². The molecule has 0 radical (unpaired) electrons. The summed E-state index contributed by atoms with van der Waals surface area (Å²) in [4.78, 5) is 0. The van der Waals surface area contributed by atoms with Crippen LogP contribution in [-0.4, -0.2) is 32.5 Å². The molecule has 54 valence electrons. The first-order chi connectivity index (χ1) is 4.43. The molecule has 2 nitrogen and oxygen atoms in total. The molecule has 0 aromatic rings. The SMILES string of the molecule is FCC1CCNCCO1. The van der Waals surface area contributed by atoms with Crippen LogP contribution >= 0.6 is 0 Å². The van der Waals surface area contributed by atoms with Gasteiger partial charge in [-0.3, -0.25) is 0 Å². The highest BCUT2D eigenvalue weighted by molar-refractivity contribution is 4.62. The van der Waals surface area contributed by atoms with E-state index in [0.29, 0.717) is 6.61 Å². The Bertz CT molecular complexity index is 71.5. The first kappa shape index (κ1) is 6.96. The van der Waals surface area contributed by atoms with Crippen LogP contribution in [0, 0.1) is 0 Å². The lowest BCUT2D eigenvalue weighted by atomic mass is 10.3. The second-order valence-electron chi connectivity index (χ2n) is 2.19. The number of alkyl halides is 1. The standard InChI is InChI=1S/C6H12FNO/c7-5-6-1-2-8-3-4-9-6/h6,8H,1-5H2. The maximum atomic E-state index is 11.9. The Morgan fingerprint density at radius 3 is 3.22 bits per heavy atom. The molecule has 1 fully saturated rings. The zero-order valence-electron chi connectivity index (χ0n) is 5.40. The van der Waals surface area contributed by atoms with Crippen molar-refractivity contribution >= 4 is 0 Å². The quantitative estimate of drug-likeness (QED) is 0.556. The molecule has 0 saturated carbocycles. The van der Waals surface area contributed by atoms with Crippen molar-refractivity contribution in [3.05, 3.63) is 0 Å². The van der Waals surface area contributed by atoms with Crippen LogP contribution in [0.5, 0.6) is 0 Å². The smallest absolute Gasteiger partial charge is 0.116 e. The van der Waals surface area contributed by atoms with Gasteiger partial charge < -0.3 is 10.1 Å². The van der Waals surface area contributed by atoms with E-state index in [-0.39, 0.29) is 12.8 Å². The van der Waals surface area contributed by atoms with Gasteiger partial charge in [0.2, 0.25) is 0 Å². The highest BCUT2D eigenvalue weighted by Crippen LogP contribution is 2.00. The van der Waals surface area contributed by atoms with Crippen LogP contribution in [0.2, 0.25) is 0 Å². The predicted molar refractivity (Wildman–Crippen MR) is 33.2 cm³/mol. The Balaban J connectivity index is 2.18. The maximum absolute atomic E-state index is 11.9. The average molecular weight is 133 g/mol. The van der Waals surface area contributed by atoms with E-state index >= 15 is 0 Å². The molecule has 1 N–H and O–H groups in total. The van der Waals surface area contributed by atoms with Crippen LogP contribution in [0.25, 0.3) is 0 Å². The molecule has 1 unspecified atom stereocenters. The van der Waals surface area contributed by atoms with Gasteiger partial charge in [0.15, 0.2) is 0 Å². The molecule has 1 atom stereocenters. The predicted octanol–water partition coefficient (Wildman–Crippen LogP) is 0.334. The zero-order valence-corrected chi connectivity index (χ0v) is 5.40. The summed E-state index contributed by atoms with van der Waals surface area (Å²) < 4.78 is 17.0. The van der Waals surface area contributed by atoms with Gasteiger partial charge in [-0.1, -0.05) is 0 Å². The molecule has 1 heterocycles. The van der Waals surface area contributed by atoms with E-state index < -0.39 is 0 Å². The largest absolute Gasteiger partial charge is 0.374 e. The number of rotatable bonds is 1. The molecule has 0 aliphatic carbocycles. The van der Waals surface area contributed by atoms with E-state index in [1.165, 1.54) is 0 Å². The van der Waals surface area contributed by atoms with E-state index in [4.69, 9.17) is 4.74 Å². The van der Waals surface area contributed by atoms with Gasteiger partial charge in [0.25, 0.3) is 0 Å². The average Bonchev–Trinajstić information content (AvgIpc) is 2.13. The maximum Gasteiger partial charge on any atom is 0.116 e. The molecule has 0 spiro atoms. The lowest BCUT2D eigenvalue weighted by Crippen LogP contribution is -2.16. The summed E-state index contributed by atoms with van der Waals surface area (Å²) in [7, 11) is 0. The summed E-state index contributed by atoms with van der Waals surface area (Å²) in [6.07, 6.45) is 0.649. The van der Waals surface area contributed by atoms with Crippen molar-refractivity contribution in [1.82, 2.24) is 5.32 Å². The van der Waals surface area contributed by atoms with E-state index in [1.54, 1.807) is 0 Å². The topological polar surface area (TPSA) is 21.3 Å². The van der Waals surface area contributed by atoms with Crippen LogP contribution in [0.3, 0.4) is 0 Å². The molecule has 0 bridgehead atoms. The molecular weight excluding hydrogens is 121 g/mol.